The quantitative estimate of drug-likeness (QED) is 0.229. The van der Waals surface area contributed by atoms with E-state index in [1.807, 2.05) is 6.07 Å². The number of para-hydroxylation sites is 1. The standard InChI is InChI=1S/C17H19FN4O2.HI/c1-19-17(20-10-9-13-5-4-7-15(18)11-13)21-12-14-6-2-3-8-16(14)22(23)24;/h2-8,11H,9-10,12H2,1H3,(H2,19,20,21);1H. The van der Waals surface area contributed by atoms with Crippen LogP contribution in [0, 0.1) is 15.9 Å². The van der Waals surface area contributed by atoms with Crippen molar-refractivity contribution >= 4 is 35.6 Å². The molecule has 8 heteroatoms. The van der Waals surface area contributed by atoms with Gasteiger partial charge in [0, 0.05) is 31.8 Å². The summed E-state index contributed by atoms with van der Waals surface area (Å²) in [6, 6.07) is 13.0. The van der Waals surface area contributed by atoms with E-state index in [-0.39, 0.29) is 42.0 Å². The fourth-order valence-electron chi connectivity index (χ4n) is 2.26. The van der Waals surface area contributed by atoms with Crippen LogP contribution >= 0.6 is 24.0 Å². The van der Waals surface area contributed by atoms with Gasteiger partial charge in [-0.05, 0) is 24.1 Å². The predicted molar refractivity (Wildman–Crippen MR) is 107 cm³/mol. The molecule has 0 aliphatic rings. The first-order valence-electron chi connectivity index (χ1n) is 7.51. The molecule has 0 aromatic heterocycles. The summed E-state index contributed by atoms with van der Waals surface area (Å²) in [5.41, 5.74) is 1.53. The lowest BCUT2D eigenvalue weighted by molar-refractivity contribution is -0.385. The lowest BCUT2D eigenvalue weighted by Crippen LogP contribution is -2.38. The number of hydrogen-bond donors (Lipinski definition) is 2. The Bertz CT molecular complexity index is 740. The second kappa shape index (κ2) is 10.6. The molecule has 0 amide bonds. The predicted octanol–water partition coefficient (Wildman–Crippen LogP) is 3.26. The number of benzene rings is 2. The Labute approximate surface area is 162 Å². The normalized spacial score (nSPS) is 10.7. The molecule has 0 saturated carbocycles. The monoisotopic (exact) mass is 458 g/mol. The summed E-state index contributed by atoms with van der Waals surface area (Å²) in [5, 5.41) is 17.1. The van der Waals surface area contributed by atoms with Crippen LogP contribution in [0.1, 0.15) is 11.1 Å². The highest BCUT2D eigenvalue weighted by atomic mass is 127. The Morgan fingerprint density at radius 2 is 1.96 bits per heavy atom. The van der Waals surface area contributed by atoms with E-state index in [9.17, 15) is 14.5 Å². The molecule has 25 heavy (non-hydrogen) atoms. The van der Waals surface area contributed by atoms with Gasteiger partial charge in [0.25, 0.3) is 5.69 Å². The first kappa shape index (κ1) is 20.8. The average Bonchev–Trinajstić information content (AvgIpc) is 2.58. The van der Waals surface area contributed by atoms with Crippen LogP contribution in [0.15, 0.2) is 53.5 Å². The Balaban J connectivity index is 0.00000312. The fourth-order valence-corrected chi connectivity index (χ4v) is 2.26. The summed E-state index contributed by atoms with van der Waals surface area (Å²) < 4.78 is 13.1. The Hall–Kier alpha value is -2.23. The van der Waals surface area contributed by atoms with E-state index in [1.54, 1.807) is 31.3 Å². The van der Waals surface area contributed by atoms with E-state index in [1.165, 1.54) is 18.2 Å². The van der Waals surface area contributed by atoms with E-state index < -0.39 is 4.92 Å². The number of nitrogens with zero attached hydrogens (tertiary/aromatic N) is 2. The maximum Gasteiger partial charge on any atom is 0.274 e. The molecule has 0 bridgehead atoms. The molecular weight excluding hydrogens is 438 g/mol. The number of aliphatic imine (C=N–C) groups is 1. The van der Waals surface area contributed by atoms with Crippen LogP contribution in [0.5, 0.6) is 0 Å². The topological polar surface area (TPSA) is 79.6 Å². The van der Waals surface area contributed by atoms with Gasteiger partial charge in [-0.15, -0.1) is 24.0 Å². The molecule has 2 aromatic rings. The van der Waals surface area contributed by atoms with Crippen molar-refractivity contribution in [3.63, 3.8) is 0 Å². The van der Waals surface area contributed by atoms with E-state index in [0.29, 0.717) is 24.5 Å². The Morgan fingerprint density at radius 1 is 1.20 bits per heavy atom. The number of nitrogens with one attached hydrogen (secondary N) is 2. The van der Waals surface area contributed by atoms with Gasteiger partial charge in [-0.2, -0.15) is 0 Å². The highest BCUT2D eigenvalue weighted by Gasteiger charge is 2.12. The molecule has 0 aliphatic heterocycles. The van der Waals surface area contributed by atoms with Crippen LogP contribution in [0.4, 0.5) is 10.1 Å². The van der Waals surface area contributed by atoms with Crippen molar-refractivity contribution in [2.75, 3.05) is 13.6 Å². The van der Waals surface area contributed by atoms with Gasteiger partial charge in [0.05, 0.1) is 4.92 Å². The second-order valence-corrected chi connectivity index (χ2v) is 5.12. The fraction of sp³-hybridized carbons (Fsp3) is 0.235. The molecule has 2 N–H and O–H groups in total. The van der Waals surface area contributed by atoms with Gasteiger partial charge in [-0.1, -0.05) is 30.3 Å². The highest BCUT2D eigenvalue weighted by molar-refractivity contribution is 14.0. The van der Waals surface area contributed by atoms with Gasteiger partial charge in [0.15, 0.2) is 5.96 Å². The summed E-state index contributed by atoms with van der Waals surface area (Å²) in [6.07, 6.45) is 0.643. The number of halogens is 2. The van der Waals surface area contributed by atoms with E-state index in [0.717, 1.165) is 5.56 Å². The van der Waals surface area contributed by atoms with E-state index in [4.69, 9.17) is 0 Å². The van der Waals surface area contributed by atoms with Crippen molar-refractivity contribution < 1.29 is 9.31 Å². The zero-order valence-corrected chi connectivity index (χ0v) is 16.1. The van der Waals surface area contributed by atoms with E-state index >= 15 is 0 Å². The minimum atomic E-state index is -0.406. The van der Waals surface area contributed by atoms with Crippen LogP contribution in [0.3, 0.4) is 0 Å². The SMILES string of the molecule is CN=C(NCCc1cccc(F)c1)NCc1ccccc1[N+](=O)[O-].I. The molecule has 0 spiro atoms. The molecule has 0 saturated heterocycles. The third-order valence-corrected chi connectivity index (χ3v) is 3.45. The zero-order valence-electron chi connectivity index (χ0n) is 13.7. The number of guanidine groups is 1. The maximum atomic E-state index is 13.1. The summed E-state index contributed by atoms with van der Waals surface area (Å²) in [4.78, 5) is 14.7. The molecule has 2 aromatic carbocycles. The van der Waals surface area contributed by atoms with Crippen molar-refractivity contribution in [1.82, 2.24) is 10.6 Å². The molecular formula is C17H20FIN4O2. The number of hydrogen-bond acceptors (Lipinski definition) is 3. The third-order valence-electron chi connectivity index (χ3n) is 3.45. The van der Waals surface area contributed by atoms with Crippen LogP contribution in [-0.2, 0) is 13.0 Å². The molecule has 0 aliphatic carbocycles. The molecule has 0 unspecified atom stereocenters. The van der Waals surface area contributed by atoms with E-state index in [2.05, 4.69) is 15.6 Å². The number of nitro groups is 1. The van der Waals surface area contributed by atoms with Crippen LogP contribution < -0.4 is 10.6 Å². The van der Waals surface area contributed by atoms with Crippen molar-refractivity contribution in [2.45, 2.75) is 13.0 Å². The summed E-state index contributed by atoms with van der Waals surface area (Å²) in [7, 11) is 1.62. The molecule has 134 valence electrons. The first-order chi connectivity index (χ1) is 11.6. The summed E-state index contributed by atoms with van der Waals surface area (Å²) in [5.74, 6) is 0.274. The largest absolute Gasteiger partial charge is 0.356 e. The third kappa shape index (κ3) is 6.65. The smallest absolute Gasteiger partial charge is 0.274 e. The Kier molecular flexibility index (Phi) is 8.82. The van der Waals surface area contributed by atoms with Crippen molar-refractivity contribution in [1.29, 1.82) is 0 Å². The van der Waals surface area contributed by atoms with Gasteiger partial charge in [-0.3, -0.25) is 15.1 Å². The van der Waals surface area contributed by atoms with Crippen LogP contribution in [0.25, 0.3) is 0 Å². The number of rotatable bonds is 6. The van der Waals surface area contributed by atoms with Crippen molar-refractivity contribution in [3.05, 3.63) is 75.6 Å². The molecule has 0 radical (unpaired) electrons. The first-order valence-corrected chi connectivity index (χ1v) is 7.51. The van der Waals surface area contributed by atoms with Crippen molar-refractivity contribution in [3.8, 4) is 0 Å². The lowest BCUT2D eigenvalue weighted by Gasteiger charge is -2.12. The minimum absolute atomic E-state index is 0. The van der Waals surface area contributed by atoms with Crippen molar-refractivity contribution in [2.24, 2.45) is 4.99 Å². The van der Waals surface area contributed by atoms with Gasteiger partial charge in [0.2, 0.25) is 0 Å². The maximum absolute atomic E-state index is 13.1. The minimum Gasteiger partial charge on any atom is -0.356 e. The molecule has 2 rings (SSSR count). The zero-order chi connectivity index (χ0) is 17.4. The Morgan fingerprint density at radius 3 is 2.64 bits per heavy atom. The molecule has 6 nitrogen and oxygen atoms in total. The van der Waals surface area contributed by atoms with Crippen LogP contribution in [0.2, 0.25) is 0 Å². The second-order valence-electron chi connectivity index (χ2n) is 5.12. The summed E-state index contributed by atoms with van der Waals surface area (Å²) >= 11 is 0. The average molecular weight is 458 g/mol. The van der Waals surface area contributed by atoms with Gasteiger partial charge >= 0.3 is 0 Å². The number of nitro benzene ring substituents is 1. The molecule has 0 atom stereocenters. The summed E-state index contributed by atoms with van der Waals surface area (Å²) in [6.45, 7) is 0.858. The van der Waals surface area contributed by atoms with Gasteiger partial charge < -0.3 is 10.6 Å². The highest BCUT2D eigenvalue weighted by Crippen LogP contribution is 2.16. The van der Waals surface area contributed by atoms with Gasteiger partial charge in [-0.25, -0.2) is 4.39 Å². The molecule has 0 fully saturated rings. The van der Waals surface area contributed by atoms with Crippen LogP contribution in [-0.4, -0.2) is 24.5 Å². The van der Waals surface area contributed by atoms with Gasteiger partial charge in [0.1, 0.15) is 5.82 Å². The molecule has 0 heterocycles. The lowest BCUT2D eigenvalue weighted by atomic mass is 10.1.